The zero-order valence-electron chi connectivity index (χ0n) is 14.6. The van der Waals surface area contributed by atoms with E-state index in [4.69, 9.17) is 16.3 Å². The molecule has 23 heavy (non-hydrogen) atoms. The van der Waals surface area contributed by atoms with E-state index in [9.17, 15) is 0 Å². The van der Waals surface area contributed by atoms with E-state index < -0.39 is 0 Å². The molecule has 0 N–H and O–H groups in total. The van der Waals surface area contributed by atoms with E-state index in [1.165, 1.54) is 0 Å². The van der Waals surface area contributed by atoms with Gasteiger partial charge in [-0.05, 0) is 37.1 Å². The fraction of sp³-hybridized carbons (Fsp3) is 0.238. The molecule has 0 radical (unpaired) electrons. The van der Waals surface area contributed by atoms with Crippen LogP contribution < -0.4 is 4.74 Å². The Labute approximate surface area is 145 Å². The van der Waals surface area contributed by atoms with Crippen molar-refractivity contribution in [2.75, 3.05) is 7.11 Å². The van der Waals surface area contributed by atoms with Crippen LogP contribution in [0.25, 0.3) is 11.1 Å². The number of rotatable bonds is 4. The number of methoxy groups -OCH3 is 1. The Hall–Kier alpha value is -1.99. The summed E-state index contributed by atoms with van der Waals surface area (Å²) >= 11 is 6.36. The van der Waals surface area contributed by atoms with Crippen molar-refractivity contribution in [3.05, 3.63) is 76.8 Å². The van der Waals surface area contributed by atoms with Gasteiger partial charge in [-0.25, -0.2) is 0 Å². The molecule has 0 spiro atoms. The molecular formula is C21H25ClO. The van der Waals surface area contributed by atoms with Crippen LogP contribution in [0.15, 0.2) is 60.7 Å². The Balaban J connectivity index is 0.00000127. The average molecular weight is 329 g/mol. The molecule has 0 aliphatic carbocycles. The highest BCUT2D eigenvalue weighted by molar-refractivity contribution is 6.33. The number of ether oxygens (including phenoxy) is 1. The van der Waals surface area contributed by atoms with E-state index in [-0.39, 0.29) is 0 Å². The number of benzene rings is 2. The van der Waals surface area contributed by atoms with Gasteiger partial charge in [0.2, 0.25) is 0 Å². The summed E-state index contributed by atoms with van der Waals surface area (Å²) in [7, 11) is 1.69. The first-order valence-electron chi connectivity index (χ1n) is 7.94. The summed E-state index contributed by atoms with van der Waals surface area (Å²) in [4.78, 5) is 0. The highest BCUT2D eigenvalue weighted by Crippen LogP contribution is 2.38. The van der Waals surface area contributed by atoms with E-state index in [2.05, 4.69) is 18.2 Å². The van der Waals surface area contributed by atoms with Gasteiger partial charge in [0, 0.05) is 16.1 Å². The summed E-state index contributed by atoms with van der Waals surface area (Å²) in [6.07, 6.45) is 4.18. The normalized spacial score (nSPS) is 11.6. The lowest BCUT2D eigenvalue weighted by Gasteiger charge is -2.16. The lowest BCUT2D eigenvalue weighted by Crippen LogP contribution is -1.95. The van der Waals surface area contributed by atoms with Gasteiger partial charge in [0.05, 0.1) is 7.11 Å². The first kappa shape index (κ1) is 19.1. The second kappa shape index (κ2) is 9.91. The maximum atomic E-state index is 6.36. The van der Waals surface area contributed by atoms with Crippen molar-refractivity contribution in [3.63, 3.8) is 0 Å². The van der Waals surface area contributed by atoms with E-state index in [1.54, 1.807) is 7.11 Å². The highest BCUT2D eigenvalue weighted by Gasteiger charge is 2.14. The zero-order chi connectivity index (χ0) is 17.2. The van der Waals surface area contributed by atoms with Gasteiger partial charge < -0.3 is 4.74 Å². The number of para-hydroxylation sites is 1. The molecule has 2 aromatic carbocycles. The zero-order valence-corrected chi connectivity index (χ0v) is 15.3. The van der Waals surface area contributed by atoms with Crippen molar-refractivity contribution < 1.29 is 4.74 Å². The van der Waals surface area contributed by atoms with Gasteiger partial charge >= 0.3 is 0 Å². The van der Waals surface area contributed by atoms with Gasteiger partial charge in [0.15, 0.2) is 0 Å². The van der Waals surface area contributed by atoms with Crippen LogP contribution in [-0.4, -0.2) is 7.11 Å². The van der Waals surface area contributed by atoms with Gasteiger partial charge in [0.25, 0.3) is 0 Å². The molecule has 0 bridgehead atoms. The minimum atomic E-state index is 0.750. The van der Waals surface area contributed by atoms with Gasteiger partial charge in [-0.3, -0.25) is 0 Å². The molecule has 2 aromatic rings. The lowest BCUT2D eigenvalue weighted by molar-refractivity contribution is 0.413. The third-order valence-corrected chi connectivity index (χ3v) is 3.76. The average Bonchev–Trinajstić information content (AvgIpc) is 2.62. The molecule has 0 aliphatic rings. The van der Waals surface area contributed by atoms with E-state index in [1.807, 2.05) is 70.2 Å². The number of allylic oxidation sites excluding steroid dienone is 4. The molecule has 0 saturated carbocycles. The Morgan fingerprint density at radius 1 is 0.826 bits per heavy atom. The summed E-state index contributed by atoms with van der Waals surface area (Å²) in [6, 6.07) is 15.9. The van der Waals surface area contributed by atoms with Crippen LogP contribution in [0.2, 0.25) is 5.02 Å². The molecule has 2 heteroatoms. The Morgan fingerprint density at radius 3 is 1.83 bits per heavy atom. The van der Waals surface area contributed by atoms with Crippen molar-refractivity contribution in [3.8, 4) is 5.75 Å². The van der Waals surface area contributed by atoms with Crippen LogP contribution in [0.1, 0.15) is 38.8 Å². The molecule has 0 amide bonds. The van der Waals surface area contributed by atoms with Crippen LogP contribution in [0, 0.1) is 0 Å². The summed E-state index contributed by atoms with van der Waals surface area (Å²) in [5.41, 5.74) is 4.31. The molecular weight excluding hydrogens is 304 g/mol. The number of halogens is 1. The van der Waals surface area contributed by atoms with Gasteiger partial charge in [-0.15, -0.1) is 0 Å². The molecule has 122 valence electrons. The maximum absolute atomic E-state index is 6.36. The minimum absolute atomic E-state index is 0.750. The van der Waals surface area contributed by atoms with Gasteiger partial charge in [-0.1, -0.05) is 74.0 Å². The van der Waals surface area contributed by atoms with Crippen LogP contribution >= 0.6 is 11.6 Å². The Bertz CT molecular complexity index is 684. The Kier molecular flexibility index (Phi) is 8.21. The topological polar surface area (TPSA) is 9.23 Å². The van der Waals surface area contributed by atoms with Crippen molar-refractivity contribution in [2.24, 2.45) is 0 Å². The van der Waals surface area contributed by atoms with Crippen molar-refractivity contribution in [2.45, 2.75) is 27.7 Å². The molecule has 0 unspecified atom stereocenters. The summed E-state index contributed by atoms with van der Waals surface area (Å²) in [5, 5.41) is 0.750. The van der Waals surface area contributed by atoms with Gasteiger partial charge in [0.1, 0.15) is 5.75 Å². The van der Waals surface area contributed by atoms with Crippen molar-refractivity contribution in [1.82, 2.24) is 0 Å². The monoisotopic (exact) mass is 328 g/mol. The summed E-state index contributed by atoms with van der Waals surface area (Å²) < 4.78 is 5.49. The fourth-order valence-electron chi connectivity index (χ4n) is 2.46. The smallest absolute Gasteiger partial charge is 0.126 e. The minimum Gasteiger partial charge on any atom is -0.496 e. The molecule has 0 aromatic heterocycles. The van der Waals surface area contributed by atoms with Crippen molar-refractivity contribution >= 4 is 22.7 Å². The van der Waals surface area contributed by atoms with Crippen LogP contribution in [0.5, 0.6) is 5.75 Å². The molecule has 1 nitrogen and oxygen atoms in total. The quantitative estimate of drug-likeness (QED) is 0.556. The van der Waals surface area contributed by atoms with Crippen molar-refractivity contribution in [1.29, 1.82) is 0 Å². The molecule has 0 aliphatic heterocycles. The third-order valence-electron chi connectivity index (χ3n) is 3.43. The van der Waals surface area contributed by atoms with Crippen LogP contribution in [-0.2, 0) is 0 Å². The van der Waals surface area contributed by atoms with Crippen LogP contribution in [0.3, 0.4) is 0 Å². The number of hydrogen-bond donors (Lipinski definition) is 0. The van der Waals surface area contributed by atoms with Gasteiger partial charge in [-0.2, -0.15) is 0 Å². The lowest BCUT2D eigenvalue weighted by atomic mass is 9.91. The largest absolute Gasteiger partial charge is 0.496 e. The van der Waals surface area contributed by atoms with E-state index in [0.717, 1.165) is 33.0 Å². The molecule has 0 saturated heterocycles. The summed E-state index contributed by atoms with van der Waals surface area (Å²) in [5.74, 6) is 0.858. The molecule has 0 atom stereocenters. The third kappa shape index (κ3) is 4.49. The molecule has 0 fully saturated rings. The summed E-state index contributed by atoms with van der Waals surface area (Å²) in [6.45, 7) is 8.06. The van der Waals surface area contributed by atoms with E-state index in [0.29, 0.717) is 0 Å². The first-order chi connectivity index (χ1) is 11.2. The fourth-order valence-corrected chi connectivity index (χ4v) is 2.70. The van der Waals surface area contributed by atoms with E-state index >= 15 is 0 Å². The molecule has 0 heterocycles. The maximum Gasteiger partial charge on any atom is 0.126 e. The first-order valence-corrected chi connectivity index (χ1v) is 8.32. The number of hydrogen-bond acceptors (Lipinski definition) is 1. The second-order valence-electron chi connectivity index (χ2n) is 4.58. The highest BCUT2D eigenvalue weighted by atomic mass is 35.5. The molecule has 2 rings (SSSR count). The van der Waals surface area contributed by atoms with Crippen LogP contribution in [0.4, 0.5) is 0 Å². The Morgan fingerprint density at radius 2 is 1.30 bits per heavy atom. The SMILES string of the molecule is C/C=C(\C(=C/C)c1ccccc1OC)c1ccccc1Cl.CC. The standard InChI is InChI=1S/C19H19ClO.C2H6/c1-4-14(16-10-6-8-12-18(16)20)15(5-2)17-11-7-9-13-19(17)21-3;1-2/h4-13H,1-3H3;1-2H3/b14-4+,15-5+;. The second-order valence-corrected chi connectivity index (χ2v) is 4.99. The predicted molar refractivity (Wildman–Crippen MR) is 103 cm³/mol. The predicted octanol–water partition coefficient (Wildman–Crippen LogP) is 6.88.